The van der Waals surface area contributed by atoms with Gasteiger partial charge in [0.1, 0.15) is 123 Å². The number of carboxylic acid groups (broad SMARTS) is 1. The number of alkyl carbamates (subject to hydrolysis) is 1. The maximum absolute atomic E-state index is 13.9. The van der Waals surface area contributed by atoms with Gasteiger partial charge in [0, 0.05) is 39.2 Å². The zero-order chi connectivity index (χ0) is 92.1. The molecule has 8 rings (SSSR count). The van der Waals surface area contributed by atoms with Crippen LogP contribution in [0.25, 0.3) is 11.1 Å². The van der Waals surface area contributed by atoms with Crippen LogP contribution >= 0.6 is 0 Å². The summed E-state index contributed by atoms with van der Waals surface area (Å²) in [6.45, 7) is -1.09. The topological polar surface area (TPSA) is 579 Å². The molecule has 2 aromatic carbocycles. The number of hydrogen-bond donors (Lipinski definition) is 21. The van der Waals surface area contributed by atoms with Crippen molar-refractivity contribution in [3.63, 3.8) is 0 Å². The number of aliphatic hydroxyl groups excluding tert-OH is 16. The minimum absolute atomic E-state index is 0.0201. The first-order valence-corrected chi connectivity index (χ1v) is 46.1. The van der Waals surface area contributed by atoms with Crippen LogP contribution in [-0.2, 0) is 71.3 Å². The van der Waals surface area contributed by atoms with Gasteiger partial charge in [0.15, 0.2) is 25.2 Å². The number of unbranched alkanes of at least 4 members (excludes halogenated alkanes) is 27. The molecule has 5 saturated heterocycles. The van der Waals surface area contributed by atoms with Crippen LogP contribution < -0.4 is 21.3 Å². The van der Waals surface area contributed by atoms with Crippen molar-refractivity contribution in [2.24, 2.45) is 0 Å². The van der Waals surface area contributed by atoms with Gasteiger partial charge in [-0.2, -0.15) is 0 Å². The van der Waals surface area contributed by atoms with E-state index in [1.807, 2.05) is 30.3 Å². The van der Waals surface area contributed by atoms with Crippen molar-refractivity contribution < 1.29 is 163 Å². The van der Waals surface area contributed by atoms with Crippen molar-refractivity contribution in [2.45, 2.75) is 397 Å². The molecular formula is C90H146N4O33. The number of allylic oxidation sites excluding steroid dienone is 1. The summed E-state index contributed by atoms with van der Waals surface area (Å²) >= 11 is 0. The Labute approximate surface area is 743 Å². The number of carbonyl (C=O) groups excluding carboxylic acids is 4. The molecule has 0 spiro atoms. The van der Waals surface area contributed by atoms with Crippen LogP contribution in [0.2, 0.25) is 0 Å². The molecule has 6 aliphatic rings. The van der Waals surface area contributed by atoms with E-state index in [0.29, 0.717) is 26.0 Å². The van der Waals surface area contributed by atoms with E-state index in [1.165, 1.54) is 105 Å². The molecule has 5 heterocycles. The lowest BCUT2D eigenvalue weighted by molar-refractivity contribution is -0.403. The van der Waals surface area contributed by atoms with Crippen molar-refractivity contribution in [1.29, 1.82) is 0 Å². The summed E-state index contributed by atoms with van der Waals surface area (Å²) in [7, 11) is 0. The Bertz CT molecular complexity index is 3490. The van der Waals surface area contributed by atoms with Gasteiger partial charge in [-0.25, -0.2) is 9.59 Å². The summed E-state index contributed by atoms with van der Waals surface area (Å²) in [4.78, 5) is 65.9. The fraction of sp³-hybridized carbons (Fsp3) is 0.789. The summed E-state index contributed by atoms with van der Waals surface area (Å²) in [6.07, 6.45) is -16.6. The van der Waals surface area contributed by atoms with E-state index in [2.05, 4.69) is 52.5 Å². The molecule has 4 amide bonds. The minimum atomic E-state index is -3.39. The second-order valence-corrected chi connectivity index (χ2v) is 34.6. The maximum atomic E-state index is 13.9. The van der Waals surface area contributed by atoms with Gasteiger partial charge in [-0.05, 0) is 47.9 Å². The number of rotatable bonds is 58. The Morgan fingerprint density at radius 1 is 0.504 bits per heavy atom. The third-order valence-electron chi connectivity index (χ3n) is 24.8. The van der Waals surface area contributed by atoms with Crippen LogP contribution in [-0.4, -0.2) is 341 Å². The second-order valence-electron chi connectivity index (χ2n) is 34.6. The lowest BCUT2D eigenvalue weighted by Gasteiger charge is -2.52. The average Bonchev–Trinajstić information content (AvgIpc) is 1.36. The molecule has 0 bridgehead atoms. The average molecular weight is 1810 g/mol. The maximum Gasteiger partial charge on any atom is 0.407 e. The van der Waals surface area contributed by atoms with Gasteiger partial charge in [0.25, 0.3) is 5.79 Å². The first-order valence-electron chi connectivity index (χ1n) is 46.1. The Kier molecular flexibility index (Phi) is 46.8. The van der Waals surface area contributed by atoms with Crippen molar-refractivity contribution in [1.82, 2.24) is 21.3 Å². The molecule has 127 heavy (non-hydrogen) atoms. The highest BCUT2D eigenvalue weighted by Crippen LogP contribution is 2.46. The highest BCUT2D eigenvalue weighted by atomic mass is 16.8. The van der Waals surface area contributed by atoms with Crippen molar-refractivity contribution >= 4 is 29.8 Å². The van der Waals surface area contributed by atoms with Gasteiger partial charge >= 0.3 is 12.1 Å². The Hall–Kier alpha value is -5.71. The van der Waals surface area contributed by atoms with Gasteiger partial charge < -0.3 is 160 Å². The first kappa shape index (κ1) is 107. The van der Waals surface area contributed by atoms with Gasteiger partial charge in [0.2, 0.25) is 17.7 Å². The molecule has 28 atom stereocenters. The van der Waals surface area contributed by atoms with Gasteiger partial charge in [-0.3, -0.25) is 14.4 Å². The van der Waals surface area contributed by atoms with Gasteiger partial charge in [-0.1, -0.05) is 228 Å². The zero-order valence-corrected chi connectivity index (χ0v) is 73.7. The molecule has 37 nitrogen and oxygen atoms in total. The number of hydrogen-bond acceptors (Lipinski definition) is 32. The van der Waals surface area contributed by atoms with Gasteiger partial charge in [0.05, 0.1) is 63.9 Å². The van der Waals surface area contributed by atoms with E-state index in [9.17, 15) is 111 Å². The zero-order valence-electron chi connectivity index (χ0n) is 73.7. The molecular weight excluding hydrogens is 1660 g/mol. The number of amides is 4. The number of carbonyl (C=O) groups is 5. The molecule has 724 valence electrons. The predicted octanol–water partition coefficient (Wildman–Crippen LogP) is 2.26. The summed E-state index contributed by atoms with van der Waals surface area (Å²) < 4.78 is 66.0. The molecule has 1 aliphatic carbocycles. The number of carboxylic acids is 1. The van der Waals surface area contributed by atoms with Crippen LogP contribution in [0, 0.1) is 0 Å². The van der Waals surface area contributed by atoms with Crippen LogP contribution in [0.5, 0.6) is 0 Å². The quantitative estimate of drug-likeness (QED) is 0.0333. The van der Waals surface area contributed by atoms with E-state index in [-0.39, 0.29) is 18.4 Å². The van der Waals surface area contributed by atoms with E-state index in [0.717, 1.165) is 110 Å². The molecule has 2 aromatic rings. The Balaban J connectivity index is 0.871. The smallest absolute Gasteiger partial charge is 0.407 e. The molecule has 37 heteroatoms. The number of fused-ring (bicyclic) bond motifs is 3. The van der Waals surface area contributed by atoms with Crippen LogP contribution in [0.3, 0.4) is 0 Å². The number of nitrogens with one attached hydrogen (secondary N) is 4. The van der Waals surface area contributed by atoms with E-state index in [1.54, 1.807) is 0 Å². The number of aliphatic hydroxyl groups is 16. The van der Waals surface area contributed by atoms with E-state index in [4.69, 9.17) is 52.1 Å². The third-order valence-corrected chi connectivity index (χ3v) is 24.8. The molecule has 5 aliphatic heterocycles. The van der Waals surface area contributed by atoms with Crippen LogP contribution in [0.1, 0.15) is 237 Å². The Morgan fingerprint density at radius 2 is 0.969 bits per heavy atom. The van der Waals surface area contributed by atoms with Crippen molar-refractivity contribution in [2.75, 3.05) is 52.8 Å². The van der Waals surface area contributed by atoms with Crippen LogP contribution in [0.4, 0.5) is 4.79 Å². The molecule has 0 aromatic heterocycles. The summed E-state index contributed by atoms with van der Waals surface area (Å²) in [5, 5.41) is 201. The van der Waals surface area contributed by atoms with Crippen molar-refractivity contribution in [3.8, 4) is 11.1 Å². The number of aliphatic carboxylic acids is 1. The van der Waals surface area contributed by atoms with E-state index < -0.39 is 241 Å². The van der Waals surface area contributed by atoms with Crippen molar-refractivity contribution in [3.05, 3.63) is 71.8 Å². The Morgan fingerprint density at radius 3 is 1.51 bits per heavy atom. The minimum Gasteiger partial charge on any atom is -0.477 e. The highest BCUT2D eigenvalue weighted by molar-refractivity contribution is 5.80. The SMILES string of the molecule is CCCCCCCCCCCCCCC/C=C/[C@@H](O)[C@H](CO[C@@H]1O[C@H](CO)[C@@H](O[C@@H]2O[C@H](CO)[C@H](O[C@@H]3O[C@H](CO)[C@H](O)[C@H](O[C@@H]4O[C@H](CO)[C@H](O)[C@H](O)[C@H]4O)[C@H]3NC(C)=O)[C@H](O[C@]3(C(=O)O)C[C@H](O)[C@@H](NC(C)=O)[C@H]([C@H](O)[C@H](O)CO)O3)[C@H]2O)[C@H](O)[C@H]1O)NC(=O)CCCCCCCCCCCCCCCCCNC(=O)OCC1c2ccccc2-c2ccccc21. The molecule has 0 saturated carbocycles. The predicted molar refractivity (Wildman–Crippen MR) is 455 cm³/mol. The standard InChI is InChI=1S/C90H146N4O33/c1-4-5-6-7-8-9-10-11-13-16-19-22-25-28-31-42-61(102)60(94-68(105)43-32-29-26-23-20-17-14-12-15-18-21-24-27-30-37-44-91-89(116)118-51-59-57-40-35-33-38-55(57)56-39-34-36-41-58(56)59)52-117-85-77(112)75(110)79(66(49-98)121-85)123-87-78(113)83(127-90(88(114)115)45-62(103)69(92-53(2)100)82(126-90)71(106)63(104)46-95)80(67(50-99)122-87)124-84-70(93-54(3)101)81(73(108)65(48-97)119-84)125-86-76(111)74(109)72(107)64(47-96)120-86/h31,33-36,38-42,59-67,69-87,95-99,102-104,106-113H,4-30,32,37,43-52H2,1-3H3,(H,91,116)(H,92,100)(H,93,101)(H,94,105)(H,114,115)/b42-31+/t60-,61+,62-,63+,64+,65+,66+,67+,69+,70+,71+,72-,73-,74-,75+,76+,77+,78+,79+,80-,81+,82+,83+,84-,85+,86-,87-,90-/m0/s1. The van der Waals surface area contributed by atoms with E-state index >= 15 is 0 Å². The lowest BCUT2D eigenvalue weighted by atomic mass is 9.88. The number of benzene rings is 2. The summed E-state index contributed by atoms with van der Waals surface area (Å²) in [5.74, 6) is -7.74. The summed E-state index contributed by atoms with van der Waals surface area (Å²) in [5.41, 5.74) is 4.74. The highest BCUT2D eigenvalue weighted by Gasteiger charge is 2.62. The molecule has 0 radical (unpaired) electrons. The summed E-state index contributed by atoms with van der Waals surface area (Å²) in [6, 6.07) is 11.7. The van der Waals surface area contributed by atoms with Crippen LogP contribution in [0.15, 0.2) is 60.7 Å². The number of ether oxygens (including phenoxy) is 11. The fourth-order valence-electron chi connectivity index (χ4n) is 17.6. The normalized spacial score (nSPS) is 31.3. The lowest BCUT2D eigenvalue weighted by Crippen LogP contribution is -2.72. The molecule has 21 N–H and O–H groups in total. The largest absolute Gasteiger partial charge is 0.477 e. The second kappa shape index (κ2) is 55.7. The first-order chi connectivity index (χ1) is 61.1. The third kappa shape index (κ3) is 31.5. The molecule has 0 unspecified atom stereocenters. The van der Waals surface area contributed by atoms with Gasteiger partial charge in [-0.15, -0.1) is 0 Å². The molecule has 5 fully saturated rings. The monoisotopic (exact) mass is 1810 g/mol. The fourth-order valence-corrected chi connectivity index (χ4v) is 17.6.